The summed E-state index contributed by atoms with van der Waals surface area (Å²) in [5, 5.41) is 0. The van der Waals surface area contributed by atoms with Gasteiger partial charge in [-0.15, -0.1) is 12.4 Å². The van der Waals surface area contributed by atoms with Crippen LogP contribution in [-0.4, -0.2) is 10.9 Å². The SMILES string of the molecule is Cl.NC(=O)c1ccc(Br)nc1. The van der Waals surface area contributed by atoms with Gasteiger partial charge in [-0.3, -0.25) is 4.79 Å². The van der Waals surface area contributed by atoms with E-state index in [9.17, 15) is 4.79 Å². The number of nitrogens with two attached hydrogens (primary N) is 1. The number of carbonyl (C=O) groups excluding carboxylic acids is 1. The number of carbonyl (C=O) groups is 1. The molecule has 0 aliphatic carbocycles. The van der Waals surface area contributed by atoms with Crippen LogP contribution < -0.4 is 5.73 Å². The number of aromatic nitrogens is 1. The molecule has 0 fully saturated rings. The van der Waals surface area contributed by atoms with Crippen molar-refractivity contribution in [3.8, 4) is 0 Å². The molecule has 0 saturated carbocycles. The molecule has 1 heterocycles. The fraction of sp³-hybridized carbons (Fsp3) is 0. The zero-order valence-electron chi connectivity index (χ0n) is 5.45. The summed E-state index contributed by atoms with van der Waals surface area (Å²) in [6.07, 6.45) is 1.42. The monoisotopic (exact) mass is 236 g/mol. The van der Waals surface area contributed by atoms with Crippen molar-refractivity contribution < 1.29 is 4.79 Å². The molecule has 0 saturated heterocycles. The van der Waals surface area contributed by atoms with Crippen molar-refractivity contribution in [2.75, 3.05) is 0 Å². The molecule has 0 radical (unpaired) electrons. The standard InChI is InChI=1S/C6H5BrN2O.ClH/c7-5-2-1-4(3-9-5)6(8)10;/h1-3H,(H2,8,10);1H. The quantitative estimate of drug-likeness (QED) is 0.750. The maximum absolute atomic E-state index is 10.5. The summed E-state index contributed by atoms with van der Waals surface area (Å²) < 4.78 is 0.692. The van der Waals surface area contributed by atoms with Crippen LogP contribution in [0.2, 0.25) is 0 Å². The van der Waals surface area contributed by atoms with Crippen LogP contribution in [-0.2, 0) is 0 Å². The van der Waals surface area contributed by atoms with E-state index in [-0.39, 0.29) is 12.4 Å². The van der Waals surface area contributed by atoms with Crippen molar-refractivity contribution in [1.29, 1.82) is 0 Å². The van der Waals surface area contributed by atoms with Gasteiger partial charge in [0.2, 0.25) is 5.91 Å². The van der Waals surface area contributed by atoms with Gasteiger partial charge in [-0.1, -0.05) is 0 Å². The Labute approximate surface area is 78.5 Å². The number of amides is 1. The van der Waals surface area contributed by atoms with Gasteiger partial charge in [-0.05, 0) is 28.1 Å². The first-order chi connectivity index (χ1) is 4.70. The second-order valence-electron chi connectivity index (χ2n) is 1.73. The van der Waals surface area contributed by atoms with E-state index in [1.54, 1.807) is 12.1 Å². The number of rotatable bonds is 1. The lowest BCUT2D eigenvalue weighted by atomic mass is 10.3. The molecule has 0 spiro atoms. The molecular weight excluding hydrogens is 231 g/mol. The Balaban J connectivity index is 0.000001000. The average Bonchev–Trinajstić information content (AvgIpc) is 1.88. The molecular formula is C6H6BrClN2O. The minimum atomic E-state index is -0.458. The van der Waals surface area contributed by atoms with E-state index < -0.39 is 5.91 Å². The Kier molecular flexibility index (Phi) is 4.07. The highest BCUT2D eigenvalue weighted by molar-refractivity contribution is 9.10. The van der Waals surface area contributed by atoms with E-state index in [4.69, 9.17) is 5.73 Å². The van der Waals surface area contributed by atoms with E-state index in [2.05, 4.69) is 20.9 Å². The third-order valence-electron chi connectivity index (χ3n) is 1.01. The molecule has 1 aromatic heterocycles. The molecule has 0 bridgehead atoms. The second-order valence-corrected chi connectivity index (χ2v) is 2.55. The Hall–Kier alpha value is -0.610. The smallest absolute Gasteiger partial charge is 0.250 e. The van der Waals surface area contributed by atoms with Gasteiger partial charge >= 0.3 is 0 Å². The summed E-state index contributed by atoms with van der Waals surface area (Å²) in [4.78, 5) is 14.3. The van der Waals surface area contributed by atoms with E-state index in [0.717, 1.165) is 0 Å². The number of halogens is 2. The van der Waals surface area contributed by atoms with E-state index >= 15 is 0 Å². The molecule has 11 heavy (non-hydrogen) atoms. The van der Waals surface area contributed by atoms with Crippen molar-refractivity contribution in [3.63, 3.8) is 0 Å². The lowest BCUT2D eigenvalue weighted by molar-refractivity contribution is 0.1000. The number of pyridine rings is 1. The molecule has 2 N–H and O–H groups in total. The highest BCUT2D eigenvalue weighted by atomic mass is 79.9. The third kappa shape index (κ3) is 2.86. The fourth-order valence-corrected chi connectivity index (χ4v) is 0.756. The van der Waals surface area contributed by atoms with Gasteiger partial charge in [0.1, 0.15) is 4.60 Å². The van der Waals surface area contributed by atoms with E-state index in [1.807, 2.05) is 0 Å². The molecule has 60 valence electrons. The average molecular weight is 237 g/mol. The number of hydrogen-bond acceptors (Lipinski definition) is 2. The Morgan fingerprint density at radius 2 is 2.18 bits per heavy atom. The molecule has 0 aliphatic rings. The topological polar surface area (TPSA) is 56.0 Å². The van der Waals surface area contributed by atoms with Crippen molar-refractivity contribution in [3.05, 3.63) is 28.5 Å². The van der Waals surface area contributed by atoms with Gasteiger partial charge in [0.25, 0.3) is 0 Å². The zero-order valence-corrected chi connectivity index (χ0v) is 7.85. The van der Waals surface area contributed by atoms with Crippen LogP contribution in [0.15, 0.2) is 22.9 Å². The van der Waals surface area contributed by atoms with Crippen LogP contribution in [0.4, 0.5) is 0 Å². The largest absolute Gasteiger partial charge is 0.366 e. The van der Waals surface area contributed by atoms with Crippen LogP contribution in [0.1, 0.15) is 10.4 Å². The Morgan fingerprint density at radius 3 is 2.55 bits per heavy atom. The highest BCUT2D eigenvalue weighted by Gasteiger charge is 1.97. The fourth-order valence-electron chi connectivity index (χ4n) is 0.522. The molecule has 5 heteroatoms. The lowest BCUT2D eigenvalue weighted by Crippen LogP contribution is -2.10. The number of nitrogens with zero attached hydrogens (tertiary/aromatic N) is 1. The van der Waals surface area contributed by atoms with Gasteiger partial charge in [0.05, 0.1) is 5.56 Å². The van der Waals surface area contributed by atoms with Crippen molar-refractivity contribution >= 4 is 34.2 Å². The molecule has 0 aliphatic heterocycles. The van der Waals surface area contributed by atoms with Crippen LogP contribution in [0.25, 0.3) is 0 Å². The van der Waals surface area contributed by atoms with Gasteiger partial charge in [0.15, 0.2) is 0 Å². The van der Waals surface area contributed by atoms with Gasteiger partial charge in [-0.25, -0.2) is 4.98 Å². The summed E-state index contributed by atoms with van der Waals surface area (Å²) >= 11 is 3.13. The normalized spacial score (nSPS) is 8.45. The minimum absolute atomic E-state index is 0. The third-order valence-corrected chi connectivity index (χ3v) is 1.48. The predicted octanol–water partition coefficient (Wildman–Crippen LogP) is 1.36. The van der Waals surface area contributed by atoms with Crippen LogP contribution in [0.3, 0.4) is 0 Å². The predicted molar refractivity (Wildman–Crippen MR) is 47.7 cm³/mol. The summed E-state index contributed by atoms with van der Waals surface area (Å²) in [5.74, 6) is -0.458. The van der Waals surface area contributed by atoms with Crippen LogP contribution in [0.5, 0.6) is 0 Å². The van der Waals surface area contributed by atoms with Gasteiger partial charge in [0, 0.05) is 6.20 Å². The van der Waals surface area contributed by atoms with Crippen LogP contribution in [0, 0.1) is 0 Å². The maximum Gasteiger partial charge on any atom is 0.250 e. The summed E-state index contributed by atoms with van der Waals surface area (Å²) in [6.45, 7) is 0. The zero-order chi connectivity index (χ0) is 7.56. The molecule has 1 rings (SSSR count). The van der Waals surface area contributed by atoms with Crippen molar-refractivity contribution in [1.82, 2.24) is 4.98 Å². The highest BCUT2D eigenvalue weighted by Crippen LogP contribution is 2.04. The lowest BCUT2D eigenvalue weighted by Gasteiger charge is -1.92. The molecule has 0 aromatic carbocycles. The summed E-state index contributed by atoms with van der Waals surface area (Å²) in [6, 6.07) is 3.28. The Morgan fingerprint density at radius 1 is 1.55 bits per heavy atom. The molecule has 3 nitrogen and oxygen atoms in total. The van der Waals surface area contributed by atoms with E-state index in [1.165, 1.54) is 6.20 Å². The molecule has 1 amide bonds. The van der Waals surface area contributed by atoms with E-state index in [0.29, 0.717) is 10.2 Å². The first kappa shape index (κ1) is 10.4. The minimum Gasteiger partial charge on any atom is -0.366 e. The first-order valence-corrected chi connectivity index (χ1v) is 3.41. The van der Waals surface area contributed by atoms with Crippen LogP contribution >= 0.6 is 28.3 Å². The molecule has 0 unspecified atom stereocenters. The summed E-state index contributed by atoms with van der Waals surface area (Å²) in [5.41, 5.74) is 5.39. The maximum atomic E-state index is 10.5. The number of hydrogen-bond donors (Lipinski definition) is 1. The van der Waals surface area contributed by atoms with Gasteiger partial charge < -0.3 is 5.73 Å². The van der Waals surface area contributed by atoms with Crippen molar-refractivity contribution in [2.24, 2.45) is 5.73 Å². The second kappa shape index (κ2) is 4.31. The molecule has 1 aromatic rings. The van der Waals surface area contributed by atoms with Crippen molar-refractivity contribution in [2.45, 2.75) is 0 Å². The number of primary amides is 1. The van der Waals surface area contributed by atoms with Gasteiger partial charge in [-0.2, -0.15) is 0 Å². The molecule has 0 atom stereocenters. The first-order valence-electron chi connectivity index (χ1n) is 2.61. The Bertz CT molecular complexity index is 249. The summed E-state index contributed by atoms with van der Waals surface area (Å²) in [7, 11) is 0.